The summed E-state index contributed by atoms with van der Waals surface area (Å²) < 4.78 is 2.51. The van der Waals surface area contributed by atoms with Gasteiger partial charge in [0.1, 0.15) is 11.6 Å². The fourth-order valence-electron chi connectivity index (χ4n) is 4.77. The zero-order valence-corrected chi connectivity index (χ0v) is 24.4. The van der Waals surface area contributed by atoms with Crippen molar-refractivity contribution in [3.63, 3.8) is 0 Å². The molecule has 0 radical (unpaired) electrons. The molecule has 0 aliphatic heterocycles. The van der Waals surface area contributed by atoms with Crippen molar-refractivity contribution in [1.82, 2.24) is 14.6 Å². The molecule has 0 amide bonds. The number of nitrogens with one attached hydrogen (secondary N) is 1. The number of nitrogens with zero attached hydrogens (tertiary/aromatic N) is 3. The molecule has 0 saturated carbocycles. The Hall–Kier alpha value is -4.49. The van der Waals surface area contributed by atoms with Crippen LogP contribution >= 0.6 is 15.9 Å². The van der Waals surface area contributed by atoms with E-state index in [1.165, 1.54) is 5.56 Å². The quantitative estimate of drug-likeness (QED) is 0.148. The van der Waals surface area contributed by atoms with E-state index in [0.29, 0.717) is 29.9 Å². The van der Waals surface area contributed by atoms with E-state index >= 15 is 0 Å². The van der Waals surface area contributed by atoms with E-state index in [4.69, 9.17) is 4.98 Å². The van der Waals surface area contributed by atoms with Crippen molar-refractivity contribution in [3.05, 3.63) is 124 Å². The lowest BCUT2D eigenvalue weighted by molar-refractivity contribution is -0.115. The lowest BCUT2D eigenvalue weighted by Gasteiger charge is -2.12. The van der Waals surface area contributed by atoms with Crippen LogP contribution in [-0.2, 0) is 17.8 Å². The number of aryl methyl sites for hydroxylation is 1. The third-order valence-corrected chi connectivity index (χ3v) is 7.53. The van der Waals surface area contributed by atoms with Gasteiger partial charge in [0.2, 0.25) is 0 Å². The lowest BCUT2D eigenvalue weighted by atomic mass is 9.99. The highest BCUT2D eigenvalue weighted by molar-refractivity contribution is 9.10. The predicted molar refractivity (Wildman–Crippen MR) is 170 cm³/mol. The van der Waals surface area contributed by atoms with Gasteiger partial charge in [-0.25, -0.2) is 4.98 Å². The topological polar surface area (TPSA) is 79.5 Å². The standard InChI is InChI=1S/C34H31BrN4O2/c1-3-26-13-4-5-14-27(26)18-23(2)31(40)17-9-11-24-10-8-12-25(19-24)21-36-33-20-30(28-15-6-7-16-32(28)41)38-34-29(35)22-37-39(33)34/h3-8,10,12-16,18-20,22,36,41H,1,9,11,17,21H2,2H3/b23-18+. The van der Waals surface area contributed by atoms with E-state index in [1.54, 1.807) is 22.8 Å². The van der Waals surface area contributed by atoms with Gasteiger partial charge in [-0.2, -0.15) is 9.61 Å². The van der Waals surface area contributed by atoms with Crippen molar-refractivity contribution < 1.29 is 9.90 Å². The number of rotatable bonds is 11. The van der Waals surface area contributed by atoms with Gasteiger partial charge in [-0.05, 0) is 81.7 Å². The third-order valence-electron chi connectivity index (χ3n) is 6.97. The minimum Gasteiger partial charge on any atom is -0.507 e. The number of benzene rings is 3. The molecule has 0 unspecified atom stereocenters. The first kappa shape index (κ1) is 28.1. The number of ketones is 1. The van der Waals surface area contributed by atoms with Crippen LogP contribution in [0.2, 0.25) is 0 Å². The molecule has 2 aromatic heterocycles. The minimum absolute atomic E-state index is 0.161. The van der Waals surface area contributed by atoms with Crippen molar-refractivity contribution in [3.8, 4) is 17.0 Å². The Kier molecular flexibility index (Phi) is 8.75. The second-order valence-corrected chi connectivity index (χ2v) is 10.7. The van der Waals surface area contributed by atoms with E-state index in [9.17, 15) is 9.90 Å². The van der Waals surface area contributed by atoms with Gasteiger partial charge in [-0.3, -0.25) is 4.79 Å². The number of hydrogen-bond donors (Lipinski definition) is 2. The van der Waals surface area contributed by atoms with Crippen LogP contribution in [0.4, 0.5) is 5.82 Å². The van der Waals surface area contributed by atoms with Crippen LogP contribution in [-0.4, -0.2) is 25.5 Å². The number of carbonyl (C=O) groups excluding carboxylic acids is 1. The van der Waals surface area contributed by atoms with Crippen molar-refractivity contribution in [1.29, 1.82) is 0 Å². The maximum absolute atomic E-state index is 12.8. The summed E-state index contributed by atoms with van der Waals surface area (Å²) >= 11 is 3.53. The van der Waals surface area contributed by atoms with E-state index in [2.05, 4.69) is 51.1 Å². The number of carbonyl (C=O) groups is 1. The van der Waals surface area contributed by atoms with Gasteiger partial charge in [0, 0.05) is 24.6 Å². The first-order valence-corrected chi connectivity index (χ1v) is 14.3. The van der Waals surface area contributed by atoms with Crippen LogP contribution in [0, 0.1) is 0 Å². The first-order valence-electron chi connectivity index (χ1n) is 13.5. The molecule has 0 spiro atoms. The molecule has 6 nitrogen and oxygen atoms in total. The van der Waals surface area contributed by atoms with Gasteiger partial charge in [0.15, 0.2) is 11.4 Å². The molecule has 5 aromatic rings. The first-order chi connectivity index (χ1) is 19.9. The molecule has 0 aliphatic carbocycles. The summed E-state index contributed by atoms with van der Waals surface area (Å²) in [6.07, 6.45) is 7.56. The fourth-order valence-corrected chi connectivity index (χ4v) is 5.12. The largest absolute Gasteiger partial charge is 0.507 e. The van der Waals surface area contributed by atoms with Crippen LogP contribution in [0.5, 0.6) is 5.75 Å². The summed E-state index contributed by atoms with van der Waals surface area (Å²) in [5, 5.41) is 18.3. The lowest BCUT2D eigenvalue weighted by Crippen LogP contribution is -2.07. The number of fused-ring (bicyclic) bond motifs is 1. The van der Waals surface area contributed by atoms with Gasteiger partial charge in [-0.1, -0.05) is 73.3 Å². The van der Waals surface area contributed by atoms with Crippen molar-refractivity contribution in [2.24, 2.45) is 0 Å². The monoisotopic (exact) mass is 606 g/mol. The van der Waals surface area contributed by atoms with Crippen molar-refractivity contribution in [2.45, 2.75) is 32.7 Å². The Balaban J connectivity index is 1.24. The zero-order chi connectivity index (χ0) is 28.8. The maximum Gasteiger partial charge on any atom is 0.172 e. The number of Topliss-reactive ketones (excluding diaryl/α,β-unsaturated/α-hetero) is 1. The Labute approximate surface area is 248 Å². The summed E-state index contributed by atoms with van der Waals surface area (Å²) in [4.78, 5) is 17.5. The van der Waals surface area contributed by atoms with E-state index in [-0.39, 0.29) is 11.5 Å². The number of aromatic hydroxyl groups is 1. The highest BCUT2D eigenvalue weighted by Gasteiger charge is 2.14. The van der Waals surface area contributed by atoms with Crippen molar-refractivity contribution in [2.75, 3.05) is 5.32 Å². The normalized spacial score (nSPS) is 11.5. The number of phenolic OH excluding ortho intramolecular Hbond substituents is 1. The minimum atomic E-state index is 0.161. The van der Waals surface area contributed by atoms with Gasteiger partial charge >= 0.3 is 0 Å². The average molecular weight is 608 g/mol. The van der Waals surface area contributed by atoms with Gasteiger partial charge in [0.25, 0.3) is 0 Å². The van der Waals surface area contributed by atoms with Crippen LogP contribution < -0.4 is 5.32 Å². The molecule has 0 fully saturated rings. The number of allylic oxidation sites excluding steroid dienone is 1. The molecule has 0 bridgehead atoms. The molecule has 2 N–H and O–H groups in total. The molecule has 0 aliphatic rings. The number of halogens is 1. The number of anilines is 1. The van der Waals surface area contributed by atoms with Gasteiger partial charge in [0.05, 0.1) is 16.4 Å². The molecule has 0 saturated heterocycles. The number of phenols is 1. The van der Waals surface area contributed by atoms with Crippen LogP contribution in [0.1, 0.15) is 42.0 Å². The van der Waals surface area contributed by atoms with Gasteiger partial charge in [-0.15, -0.1) is 0 Å². The summed E-state index contributed by atoms with van der Waals surface area (Å²) in [5.74, 6) is 1.09. The number of aromatic nitrogens is 3. The Morgan fingerprint density at radius 3 is 2.59 bits per heavy atom. The van der Waals surface area contributed by atoms with Gasteiger partial charge < -0.3 is 10.4 Å². The summed E-state index contributed by atoms with van der Waals surface area (Å²) in [6.45, 7) is 6.32. The summed E-state index contributed by atoms with van der Waals surface area (Å²) in [6, 6.07) is 25.4. The Bertz CT molecular complexity index is 1760. The molecule has 206 valence electrons. The summed E-state index contributed by atoms with van der Waals surface area (Å²) in [5.41, 5.74) is 7.05. The van der Waals surface area contributed by atoms with Crippen molar-refractivity contribution >= 4 is 45.3 Å². The molecule has 2 heterocycles. The Morgan fingerprint density at radius 2 is 1.78 bits per heavy atom. The number of hydrogen-bond acceptors (Lipinski definition) is 5. The second-order valence-electron chi connectivity index (χ2n) is 9.88. The SMILES string of the molecule is C=Cc1ccccc1/C=C(\C)C(=O)CCCc1cccc(CNc2cc(-c3ccccc3O)nc3c(Br)cnn23)c1. The molecule has 0 atom stereocenters. The van der Waals surface area contributed by atoms with E-state index < -0.39 is 0 Å². The zero-order valence-electron chi connectivity index (χ0n) is 22.8. The smallest absolute Gasteiger partial charge is 0.172 e. The molecular formula is C34H31BrN4O2. The molecule has 41 heavy (non-hydrogen) atoms. The van der Waals surface area contributed by atoms with E-state index in [1.807, 2.05) is 67.6 Å². The second kappa shape index (κ2) is 12.8. The fraction of sp³-hybridized carbons (Fsp3) is 0.147. The molecule has 5 rings (SSSR count). The van der Waals surface area contributed by atoms with Crippen LogP contribution in [0.15, 0.2) is 102 Å². The van der Waals surface area contributed by atoms with Crippen LogP contribution in [0.25, 0.3) is 29.1 Å². The molecular weight excluding hydrogens is 576 g/mol. The van der Waals surface area contributed by atoms with E-state index in [0.717, 1.165) is 45.4 Å². The molecule has 7 heteroatoms. The number of para-hydroxylation sites is 1. The van der Waals surface area contributed by atoms with Crippen LogP contribution in [0.3, 0.4) is 0 Å². The summed E-state index contributed by atoms with van der Waals surface area (Å²) in [7, 11) is 0. The highest BCUT2D eigenvalue weighted by Crippen LogP contribution is 2.31. The Morgan fingerprint density at radius 1 is 1.02 bits per heavy atom. The predicted octanol–water partition coefficient (Wildman–Crippen LogP) is 8.11. The maximum atomic E-state index is 12.8. The highest BCUT2D eigenvalue weighted by atomic mass is 79.9. The third kappa shape index (κ3) is 6.64. The molecule has 3 aromatic carbocycles. The average Bonchev–Trinajstić information content (AvgIpc) is 3.37.